The average Bonchev–Trinajstić information content (AvgIpc) is 2.63. The van der Waals surface area contributed by atoms with Crippen LogP contribution in [0.2, 0.25) is 0 Å². The van der Waals surface area contributed by atoms with E-state index in [2.05, 4.69) is 0 Å². The second-order valence-corrected chi connectivity index (χ2v) is 6.53. The average molecular weight is 273 g/mol. The van der Waals surface area contributed by atoms with Crippen LogP contribution in [-0.4, -0.2) is 8.42 Å². The van der Waals surface area contributed by atoms with Gasteiger partial charge in [0.05, 0.1) is 0 Å². The van der Waals surface area contributed by atoms with E-state index in [1.54, 1.807) is 0 Å². The zero-order chi connectivity index (χ0) is 12.8. The molecule has 1 aromatic carbocycles. The summed E-state index contributed by atoms with van der Waals surface area (Å²) in [6, 6.07) is 3.86. The summed E-state index contributed by atoms with van der Waals surface area (Å²) in [5, 5.41) is 0.751. The number of rotatable bonds is 2. The van der Waals surface area contributed by atoms with Crippen LogP contribution in [0.15, 0.2) is 21.6 Å². The smallest absolute Gasteiger partial charge is 0.294 e. The van der Waals surface area contributed by atoms with E-state index in [0.717, 1.165) is 16.5 Å². The molecule has 0 spiro atoms. The van der Waals surface area contributed by atoms with Crippen molar-refractivity contribution >= 4 is 30.7 Å². The van der Waals surface area contributed by atoms with Crippen molar-refractivity contribution in [2.24, 2.45) is 0 Å². The van der Waals surface area contributed by atoms with Gasteiger partial charge in [0.1, 0.15) is 5.58 Å². The number of hydrogen-bond donors (Lipinski definition) is 0. The molecule has 0 amide bonds. The van der Waals surface area contributed by atoms with E-state index < -0.39 is 9.05 Å². The number of aryl methyl sites for hydroxylation is 3. The van der Waals surface area contributed by atoms with Gasteiger partial charge in [-0.2, -0.15) is 0 Å². The molecular weight excluding hydrogens is 260 g/mol. The van der Waals surface area contributed by atoms with Crippen molar-refractivity contribution < 1.29 is 12.8 Å². The molecule has 1 heterocycles. The maximum atomic E-state index is 11.5. The summed E-state index contributed by atoms with van der Waals surface area (Å²) >= 11 is 0. The minimum atomic E-state index is -3.84. The van der Waals surface area contributed by atoms with Gasteiger partial charge in [-0.05, 0) is 31.4 Å². The predicted octanol–water partition coefficient (Wildman–Crippen LogP) is 3.54. The van der Waals surface area contributed by atoms with Crippen molar-refractivity contribution in [2.45, 2.75) is 32.3 Å². The van der Waals surface area contributed by atoms with Crippen LogP contribution in [-0.2, 0) is 15.5 Å². The monoisotopic (exact) mass is 272 g/mol. The van der Waals surface area contributed by atoms with Crippen LogP contribution >= 0.6 is 10.7 Å². The Morgan fingerprint density at radius 3 is 2.35 bits per heavy atom. The Balaban J connectivity index is 3.00. The fourth-order valence-electron chi connectivity index (χ4n) is 2.07. The van der Waals surface area contributed by atoms with Crippen LogP contribution in [0, 0.1) is 13.8 Å². The summed E-state index contributed by atoms with van der Waals surface area (Å²) in [7, 11) is 1.56. The lowest BCUT2D eigenvalue weighted by molar-refractivity contribution is 0.480. The number of benzene rings is 1. The van der Waals surface area contributed by atoms with Crippen LogP contribution in [0.1, 0.15) is 23.6 Å². The number of fused-ring (bicyclic) bond motifs is 1. The molecule has 2 aromatic rings. The first-order chi connectivity index (χ1) is 7.86. The standard InChI is InChI=1S/C12H13ClO3S/c1-4-9-10-7(2)5-6-8(3)11(10)16-12(9)17(13,14)15/h5-6H,4H2,1-3H3. The lowest BCUT2D eigenvalue weighted by Gasteiger charge is -2.00. The van der Waals surface area contributed by atoms with E-state index >= 15 is 0 Å². The molecule has 0 radical (unpaired) electrons. The Kier molecular flexibility index (Phi) is 2.96. The lowest BCUT2D eigenvalue weighted by Crippen LogP contribution is -1.93. The number of hydrogen-bond acceptors (Lipinski definition) is 3. The fraction of sp³-hybridized carbons (Fsp3) is 0.333. The van der Waals surface area contributed by atoms with Crippen molar-refractivity contribution in [1.29, 1.82) is 0 Å². The summed E-state index contributed by atoms with van der Waals surface area (Å²) < 4.78 is 28.4. The molecule has 0 saturated heterocycles. The molecule has 17 heavy (non-hydrogen) atoms. The van der Waals surface area contributed by atoms with Gasteiger partial charge in [-0.15, -0.1) is 0 Å². The number of halogens is 1. The van der Waals surface area contributed by atoms with Gasteiger partial charge < -0.3 is 4.42 Å². The Hall–Kier alpha value is -1.00. The third-order valence-electron chi connectivity index (χ3n) is 2.88. The molecule has 2 rings (SSSR count). The zero-order valence-corrected chi connectivity index (χ0v) is 11.4. The van der Waals surface area contributed by atoms with Crippen molar-refractivity contribution in [2.75, 3.05) is 0 Å². The lowest BCUT2D eigenvalue weighted by atomic mass is 10.0. The van der Waals surface area contributed by atoms with Gasteiger partial charge in [-0.25, -0.2) is 8.42 Å². The fourth-order valence-corrected chi connectivity index (χ4v) is 3.16. The van der Waals surface area contributed by atoms with Gasteiger partial charge in [0, 0.05) is 21.6 Å². The molecule has 0 saturated carbocycles. The van der Waals surface area contributed by atoms with E-state index in [1.807, 2.05) is 32.9 Å². The van der Waals surface area contributed by atoms with Crippen LogP contribution in [0.25, 0.3) is 11.0 Å². The van der Waals surface area contributed by atoms with Gasteiger partial charge in [0.15, 0.2) is 0 Å². The third-order valence-corrected chi connectivity index (χ3v) is 4.07. The molecule has 0 aliphatic rings. The number of furan rings is 1. The Labute approximate surface area is 105 Å². The molecule has 0 N–H and O–H groups in total. The zero-order valence-electron chi connectivity index (χ0n) is 9.87. The SMILES string of the molecule is CCc1c(S(=O)(=O)Cl)oc2c(C)ccc(C)c12. The molecule has 0 unspecified atom stereocenters. The molecule has 3 nitrogen and oxygen atoms in total. The normalized spacial score (nSPS) is 12.2. The maximum absolute atomic E-state index is 11.5. The van der Waals surface area contributed by atoms with Crippen LogP contribution < -0.4 is 0 Å². The molecule has 0 aliphatic heterocycles. The molecule has 0 bridgehead atoms. The Bertz CT molecular complexity index is 683. The second kappa shape index (κ2) is 4.03. The minimum Gasteiger partial charge on any atom is -0.443 e. The second-order valence-electron chi connectivity index (χ2n) is 4.06. The van der Waals surface area contributed by atoms with Crippen molar-refractivity contribution in [1.82, 2.24) is 0 Å². The van der Waals surface area contributed by atoms with E-state index in [4.69, 9.17) is 15.1 Å². The van der Waals surface area contributed by atoms with Crippen molar-refractivity contribution in [3.8, 4) is 0 Å². The van der Waals surface area contributed by atoms with Crippen LogP contribution in [0.4, 0.5) is 0 Å². The summed E-state index contributed by atoms with van der Waals surface area (Å²) in [6.07, 6.45) is 0.568. The predicted molar refractivity (Wildman–Crippen MR) is 68.1 cm³/mol. The highest BCUT2D eigenvalue weighted by atomic mass is 35.7. The van der Waals surface area contributed by atoms with Gasteiger partial charge in [0.25, 0.3) is 9.05 Å². The van der Waals surface area contributed by atoms with Gasteiger partial charge in [0.2, 0.25) is 5.09 Å². The maximum Gasteiger partial charge on any atom is 0.294 e. The first-order valence-electron chi connectivity index (χ1n) is 5.32. The van der Waals surface area contributed by atoms with Gasteiger partial charge in [-0.3, -0.25) is 0 Å². The van der Waals surface area contributed by atoms with Crippen LogP contribution in [0.3, 0.4) is 0 Å². The Morgan fingerprint density at radius 2 is 1.82 bits per heavy atom. The molecule has 0 fully saturated rings. The van der Waals surface area contributed by atoms with Crippen molar-refractivity contribution in [3.63, 3.8) is 0 Å². The molecule has 0 atom stereocenters. The van der Waals surface area contributed by atoms with E-state index in [9.17, 15) is 8.42 Å². The van der Waals surface area contributed by atoms with Gasteiger partial charge in [-0.1, -0.05) is 19.1 Å². The van der Waals surface area contributed by atoms with Crippen molar-refractivity contribution in [3.05, 3.63) is 28.8 Å². The molecular formula is C12H13ClO3S. The molecule has 1 aromatic heterocycles. The topological polar surface area (TPSA) is 47.3 Å². The van der Waals surface area contributed by atoms with Gasteiger partial charge >= 0.3 is 0 Å². The minimum absolute atomic E-state index is 0.117. The Morgan fingerprint density at radius 1 is 1.24 bits per heavy atom. The molecule has 5 heteroatoms. The largest absolute Gasteiger partial charge is 0.443 e. The summed E-state index contributed by atoms with van der Waals surface area (Å²) in [6.45, 7) is 5.70. The first-order valence-corrected chi connectivity index (χ1v) is 7.63. The summed E-state index contributed by atoms with van der Waals surface area (Å²) in [5.74, 6) is 0. The highest BCUT2D eigenvalue weighted by Crippen LogP contribution is 2.35. The van der Waals surface area contributed by atoms with E-state index in [-0.39, 0.29) is 5.09 Å². The molecule has 92 valence electrons. The molecule has 0 aliphatic carbocycles. The first kappa shape index (κ1) is 12.5. The highest BCUT2D eigenvalue weighted by molar-refractivity contribution is 8.13. The van der Waals surface area contributed by atoms with E-state index in [1.165, 1.54) is 0 Å². The summed E-state index contributed by atoms with van der Waals surface area (Å²) in [4.78, 5) is 0. The van der Waals surface area contributed by atoms with E-state index in [0.29, 0.717) is 17.6 Å². The quantitative estimate of drug-likeness (QED) is 0.786. The third kappa shape index (κ3) is 1.96. The summed E-state index contributed by atoms with van der Waals surface area (Å²) in [5.41, 5.74) is 3.18. The van der Waals surface area contributed by atoms with Crippen LogP contribution in [0.5, 0.6) is 0 Å². The highest BCUT2D eigenvalue weighted by Gasteiger charge is 2.24.